The molecule has 1 aromatic heterocycles. The van der Waals surface area contributed by atoms with Gasteiger partial charge >= 0.3 is 5.97 Å². The molecule has 0 aliphatic carbocycles. The smallest absolute Gasteiger partial charge is 0.377 e. The first-order valence-electron chi connectivity index (χ1n) is 3.10. The number of nitrogens with zero attached hydrogens (tertiary/aromatic N) is 2. The van der Waals surface area contributed by atoms with Gasteiger partial charge in [-0.2, -0.15) is 4.98 Å². The molecule has 4 N–H and O–H groups in total. The number of hydrogen-bond donors (Lipinski definition) is 3. The van der Waals surface area contributed by atoms with Gasteiger partial charge in [0.2, 0.25) is 0 Å². The number of rotatable bonds is 3. The van der Waals surface area contributed by atoms with Gasteiger partial charge in [0.05, 0.1) is 0 Å². The third kappa shape index (κ3) is 1.57. The van der Waals surface area contributed by atoms with Gasteiger partial charge in [0.15, 0.2) is 0 Å². The number of hydrogen-bond acceptors (Lipinski definition) is 6. The van der Waals surface area contributed by atoms with E-state index in [-0.39, 0.29) is 12.4 Å². The third-order valence-electron chi connectivity index (χ3n) is 1.14. The Morgan fingerprint density at radius 2 is 2.42 bits per heavy atom. The zero-order valence-corrected chi connectivity index (χ0v) is 5.97. The maximum absolute atomic E-state index is 10.2. The highest BCUT2D eigenvalue weighted by atomic mass is 16.5. The second-order valence-corrected chi connectivity index (χ2v) is 2.01. The van der Waals surface area contributed by atoms with Gasteiger partial charge in [-0.15, -0.1) is 0 Å². The number of carboxylic acid groups (broad SMARTS) is 1. The molecule has 66 valence electrons. The average Bonchev–Trinajstić information content (AvgIpc) is 2.51. The summed E-state index contributed by atoms with van der Waals surface area (Å²) in [7, 11) is 0. The molecule has 0 fully saturated rings. The van der Waals surface area contributed by atoms with E-state index >= 15 is 0 Å². The lowest BCUT2D eigenvalue weighted by Gasteiger charge is -1.97. The third-order valence-corrected chi connectivity index (χ3v) is 1.14. The van der Waals surface area contributed by atoms with Crippen LogP contribution in [0.15, 0.2) is 4.52 Å². The molecule has 1 atom stereocenters. The van der Waals surface area contributed by atoms with Crippen molar-refractivity contribution in [3.05, 3.63) is 11.7 Å². The first kappa shape index (κ1) is 8.62. The molecule has 1 aromatic rings. The number of carboxylic acids is 1. The van der Waals surface area contributed by atoms with Crippen LogP contribution in [0.1, 0.15) is 22.6 Å². The number of nitrogens with two attached hydrogens (primary N) is 1. The predicted molar refractivity (Wildman–Crippen MR) is 35.3 cm³/mol. The summed E-state index contributed by atoms with van der Waals surface area (Å²) in [6.45, 7) is -0.0960. The summed E-state index contributed by atoms with van der Waals surface area (Å²) < 4.78 is 4.41. The number of aromatic carboxylic acids is 1. The standard InChI is InChI=1S/C5H7N3O4/c6-1-2(9)4-7-3(5(10)11)8-12-4/h2,9H,1,6H2,(H,10,11). The fraction of sp³-hybridized carbons (Fsp3) is 0.400. The zero-order chi connectivity index (χ0) is 9.14. The van der Waals surface area contributed by atoms with Gasteiger partial charge in [-0.1, -0.05) is 0 Å². The minimum atomic E-state index is -1.31. The molecule has 0 saturated heterocycles. The van der Waals surface area contributed by atoms with Gasteiger partial charge in [0.25, 0.3) is 11.7 Å². The molecule has 0 saturated carbocycles. The molecule has 12 heavy (non-hydrogen) atoms. The van der Waals surface area contributed by atoms with Crippen molar-refractivity contribution in [3.8, 4) is 0 Å². The van der Waals surface area contributed by atoms with Gasteiger partial charge in [-0.25, -0.2) is 4.79 Å². The Morgan fingerprint density at radius 3 is 2.83 bits per heavy atom. The molecule has 1 heterocycles. The van der Waals surface area contributed by atoms with E-state index in [2.05, 4.69) is 14.7 Å². The first-order valence-corrected chi connectivity index (χ1v) is 3.10. The van der Waals surface area contributed by atoms with Crippen LogP contribution in [0.2, 0.25) is 0 Å². The Balaban J connectivity index is 2.84. The van der Waals surface area contributed by atoms with Crippen LogP contribution in [0.5, 0.6) is 0 Å². The van der Waals surface area contributed by atoms with Crippen LogP contribution in [0.4, 0.5) is 0 Å². The maximum atomic E-state index is 10.2. The van der Waals surface area contributed by atoms with E-state index in [4.69, 9.17) is 15.9 Å². The summed E-state index contributed by atoms with van der Waals surface area (Å²) in [5, 5.41) is 20.4. The highest BCUT2D eigenvalue weighted by Gasteiger charge is 2.17. The van der Waals surface area contributed by atoms with E-state index in [1.54, 1.807) is 0 Å². The van der Waals surface area contributed by atoms with Gasteiger partial charge in [-0.05, 0) is 5.16 Å². The van der Waals surface area contributed by atoms with Crippen LogP contribution in [-0.4, -0.2) is 32.9 Å². The Hall–Kier alpha value is -1.47. The normalized spacial score (nSPS) is 12.8. The van der Waals surface area contributed by atoms with Crippen molar-refractivity contribution in [2.24, 2.45) is 5.73 Å². The lowest BCUT2D eigenvalue weighted by molar-refractivity contribution is 0.0680. The van der Waals surface area contributed by atoms with Gasteiger partial charge < -0.3 is 20.5 Å². The molecule has 0 amide bonds. The Kier molecular flexibility index (Phi) is 2.36. The molecule has 0 bridgehead atoms. The topological polar surface area (TPSA) is 122 Å². The molecule has 0 aromatic carbocycles. The lowest BCUT2D eigenvalue weighted by atomic mass is 10.4. The number of carbonyl (C=O) groups is 1. The van der Waals surface area contributed by atoms with Crippen molar-refractivity contribution < 1.29 is 19.5 Å². The average molecular weight is 173 g/mol. The Bertz CT molecular complexity index is 284. The summed E-state index contributed by atoms with van der Waals surface area (Å²) in [5.74, 6) is -1.98. The summed E-state index contributed by atoms with van der Waals surface area (Å²) in [6, 6.07) is 0. The molecule has 0 radical (unpaired) electrons. The fourth-order valence-electron chi connectivity index (χ4n) is 0.558. The molecule has 0 aliphatic heterocycles. The van der Waals surface area contributed by atoms with E-state index in [1.165, 1.54) is 0 Å². The van der Waals surface area contributed by atoms with E-state index in [0.29, 0.717) is 0 Å². The van der Waals surface area contributed by atoms with E-state index in [9.17, 15) is 4.79 Å². The van der Waals surface area contributed by atoms with Crippen molar-refractivity contribution in [1.29, 1.82) is 0 Å². The zero-order valence-electron chi connectivity index (χ0n) is 5.97. The van der Waals surface area contributed by atoms with Gasteiger partial charge in [0.1, 0.15) is 6.10 Å². The molecular weight excluding hydrogens is 166 g/mol. The Labute approximate surface area is 66.8 Å². The van der Waals surface area contributed by atoms with Gasteiger partial charge in [0, 0.05) is 6.54 Å². The minimum absolute atomic E-state index is 0.0960. The summed E-state index contributed by atoms with van der Waals surface area (Å²) in [6.07, 6.45) is -1.11. The summed E-state index contributed by atoms with van der Waals surface area (Å²) >= 11 is 0. The SMILES string of the molecule is NCC(O)c1nc(C(=O)O)no1. The monoisotopic (exact) mass is 173 g/mol. The molecule has 0 spiro atoms. The van der Waals surface area contributed by atoms with Crippen LogP contribution < -0.4 is 5.73 Å². The van der Waals surface area contributed by atoms with Crippen LogP contribution in [0.3, 0.4) is 0 Å². The van der Waals surface area contributed by atoms with E-state index < -0.39 is 17.9 Å². The second kappa shape index (κ2) is 3.28. The molecular formula is C5H7N3O4. The van der Waals surface area contributed by atoms with E-state index in [0.717, 1.165) is 0 Å². The number of aromatic nitrogens is 2. The van der Waals surface area contributed by atoms with Crippen LogP contribution in [0.25, 0.3) is 0 Å². The minimum Gasteiger partial charge on any atom is -0.475 e. The molecule has 7 heteroatoms. The second-order valence-electron chi connectivity index (χ2n) is 2.01. The quantitative estimate of drug-likeness (QED) is 0.522. The molecule has 7 nitrogen and oxygen atoms in total. The molecule has 0 aliphatic rings. The van der Waals surface area contributed by atoms with Crippen LogP contribution in [-0.2, 0) is 0 Å². The van der Waals surface area contributed by atoms with Crippen LogP contribution in [0, 0.1) is 0 Å². The largest absolute Gasteiger partial charge is 0.475 e. The number of aliphatic hydroxyl groups excluding tert-OH is 1. The Morgan fingerprint density at radius 1 is 1.75 bits per heavy atom. The van der Waals surface area contributed by atoms with Crippen molar-refractivity contribution in [3.63, 3.8) is 0 Å². The van der Waals surface area contributed by atoms with Crippen molar-refractivity contribution in [1.82, 2.24) is 10.1 Å². The van der Waals surface area contributed by atoms with Crippen molar-refractivity contribution >= 4 is 5.97 Å². The maximum Gasteiger partial charge on any atom is 0.377 e. The van der Waals surface area contributed by atoms with Crippen LogP contribution >= 0.6 is 0 Å². The van der Waals surface area contributed by atoms with Crippen molar-refractivity contribution in [2.45, 2.75) is 6.10 Å². The molecule has 1 rings (SSSR count). The van der Waals surface area contributed by atoms with Gasteiger partial charge in [-0.3, -0.25) is 0 Å². The summed E-state index contributed by atoms with van der Waals surface area (Å²) in [4.78, 5) is 13.6. The first-order chi connectivity index (χ1) is 5.65. The highest BCUT2D eigenvalue weighted by Crippen LogP contribution is 2.07. The lowest BCUT2D eigenvalue weighted by Crippen LogP contribution is -2.12. The van der Waals surface area contributed by atoms with E-state index in [1.807, 2.05) is 0 Å². The fourth-order valence-corrected chi connectivity index (χ4v) is 0.558. The number of aliphatic hydroxyl groups is 1. The predicted octanol–water partition coefficient (Wildman–Crippen LogP) is -1.24. The van der Waals surface area contributed by atoms with Crippen molar-refractivity contribution in [2.75, 3.05) is 6.54 Å². The molecule has 1 unspecified atom stereocenters. The highest BCUT2D eigenvalue weighted by molar-refractivity contribution is 5.82. The summed E-state index contributed by atoms with van der Waals surface area (Å²) in [5.41, 5.74) is 5.06.